The second-order valence-electron chi connectivity index (χ2n) is 7.66. The molecule has 1 aromatic heterocycles. The minimum Gasteiger partial charge on any atom is -0.444 e. The third-order valence-corrected chi connectivity index (χ3v) is 3.16. The number of nitrogens with zero attached hydrogens (tertiary/aromatic N) is 2. The van der Waals surface area contributed by atoms with E-state index in [-0.39, 0.29) is 12.3 Å². The molecule has 2 N–H and O–H groups in total. The average molecular weight is 338 g/mol. The summed E-state index contributed by atoms with van der Waals surface area (Å²) in [5.41, 5.74) is -0.0801. The van der Waals surface area contributed by atoms with Gasteiger partial charge in [-0.25, -0.2) is 4.79 Å². The van der Waals surface area contributed by atoms with Crippen molar-refractivity contribution >= 4 is 12.0 Å². The van der Waals surface area contributed by atoms with Gasteiger partial charge in [0.15, 0.2) is 0 Å². The number of carbonyl (C=O) groups is 2. The molecule has 0 aliphatic rings. The highest BCUT2D eigenvalue weighted by atomic mass is 16.6. The molecule has 1 rings (SSSR count). The van der Waals surface area contributed by atoms with Crippen LogP contribution in [0.3, 0.4) is 0 Å². The van der Waals surface area contributed by atoms with E-state index >= 15 is 0 Å². The Morgan fingerprint density at radius 2 is 1.92 bits per heavy atom. The molecule has 2 amide bonds. The van der Waals surface area contributed by atoms with E-state index in [4.69, 9.17) is 4.74 Å². The lowest BCUT2D eigenvalue weighted by Gasteiger charge is -2.28. The Morgan fingerprint density at radius 3 is 2.46 bits per heavy atom. The first-order valence-corrected chi connectivity index (χ1v) is 8.22. The molecule has 1 aromatic rings. The quantitative estimate of drug-likeness (QED) is 0.746. The van der Waals surface area contributed by atoms with Crippen LogP contribution in [-0.2, 0) is 23.0 Å². The van der Waals surface area contributed by atoms with Crippen molar-refractivity contribution in [3.05, 3.63) is 18.0 Å². The average Bonchev–Trinajstić information content (AvgIpc) is 2.76. The number of aromatic nitrogens is 2. The van der Waals surface area contributed by atoms with Crippen molar-refractivity contribution in [1.29, 1.82) is 0 Å². The fourth-order valence-corrected chi connectivity index (χ4v) is 2.21. The SMILES string of the molecule is Cn1cc(CCCNC(=O)CC(C)(C)NC(=O)OC(C)(C)C)cn1. The van der Waals surface area contributed by atoms with Crippen molar-refractivity contribution in [2.45, 2.75) is 65.0 Å². The monoisotopic (exact) mass is 338 g/mol. The Bertz CT molecular complexity index is 558. The van der Waals surface area contributed by atoms with Crippen molar-refractivity contribution in [3.63, 3.8) is 0 Å². The highest BCUT2D eigenvalue weighted by Crippen LogP contribution is 2.12. The molecule has 0 atom stereocenters. The van der Waals surface area contributed by atoms with Crippen LogP contribution in [0.1, 0.15) is 53.0 Å². The molecule has 7 nitrogen and oxygen atoms in total. The van der Waals surface area contributed by atoms with E-state index in [9.17, 15) is 9.59 Å². The molecule has 0 aliphatic heterocycles. The molecule has 0 aliphatic carbocycles. The van der Waals surface area contributed by atoms with Crippen molar-refractivity contribution in [3.8, 4) is 0 Å². The largest absolute Gasteiger partial charge is 0.444 e. The van der Waals surface area contributed by atoms with E-state index in [1.807, 2.05) is 19.4 Å². The summed E-state index contributed by atoms with van der Waals surface area (Å²) in [6, 6.07) is 0. The summed E-state index contributed by atoms with van der Waals surface area (Å²) in [6.45, 7) is 9.59. The Hall–Kier alpha value is -2.05. The summed E-state index contributed by atoms with van der Waals surface area (Å²) in [5, 5.41) is 9.72. The van der Waals surface area contributed by atoms with Gasteiger partial charge < -0.3 is 15.4 Å². The third-order valence-electron chi connectivity index (χ3n) is 3.16. The molecule has 0 spiro atoms. The second kappa shape index (κ2) is 8.17. The fourth-order valence-electron chi connectivity index (χ4n) is 2.21. The summed E-state index contributed by atoms with van der Waals surface area (Å²) in [5.74, 6) is -0.0951. The molecule has 7 heteroatoms. The van der Waals surface area contributed by atoms with Gasteiger partial charge >= 0.3 is 6.09 Å². The Morgan fingerprint density at radius 1 is 1.25 bits per heavy atom. The van der Waals surface area contributed by atoms with Gasteiger partial charge in [0, 0.05) is 31.7 Å². The molecule has 0 radical (unpaired) electrons. The van der Waals surface area contributed by atoms with Gasteiger partial charge in [-0.3, -0.25) is 9.48 Å². The number of alkyl carbamates (subject to hydrolysis) is 1. The normalized spacial score (nSPS) is 11.9. The molecule has 24 heavy (non-hydrogen) atoms. The lowest BCUT2D eigenvalue weighted by Crippen LogP contribution is -2.48. The van der Waals surface area contributed by atoms with Crippen LogP contribution in [0.15, 0.2) is 12.4 Å². The first kappa shape index (κ1) is 20.0. The zero-order valence-corrected chi connectivity index (χ0v) is 15.6. The molecule has 0 saturated carbocycles. The molecule has 0 bridgehead atoms. The lowest BCUT2D eigenvalue weighted by atomic mass is 10.0. The van der Waals surface area contributed by atoms with E-state index in [0.717, 1.165) is 18.4 Å². The number of hydrogen-bond donors (Lipinski definition) is 2. The number of rotatable bonds is 7. The zero-order chi connectivity index (χ0) is 18.4. The summed E-state index contributed by atoms with van der Waals surface area (Å²) in [6.07, 6.45) is 5.19. The number of aryl methyl sites for hydroxylation is 2. The summed E-state index contributed by atoms with van der Waals surface area (Å²) >= 11 is 0. The minimum atomic E-state index is -0.671. The van der Waals surface area contributed by atoms with Gasteiger partial charge in [0.25, 0.3) is 0 Å². The van der Waals surface area contributed by atoms with Crippen molar-refractivity contribution in [2.24, 2.45) is 7.05 Å². The first-order chi connectivity index (χ1) is 11.0. The van der Waals surface area contributed by atoms with Gasteiger partial charge in [-0.2, -0.15) is 5.10 Å². The zero-order valence-electron chi connectivity index (χ0n) is 15.6. The van der Waals surface area contributed by atoms with Crippen molar-refractivity contribution in [2.75, 3.05) is 6.54 Å². The van der Waals surface area contributed by atoms with E-state index in [1.54, 1.807) is 39.3 Å². The standard InChI is InChI=1S/C17H30N4O3/c1-16(2,3)24-15(23)20-17(4,5)10-14(22)18-9-7-8-13-11-19-21(6)12-13/h11-12H,7-10H2,1-6H3,(H,18,22)(H,20,23). The van der Waals surface area contributed by atoms with Gasteiger partial charge in [-0.05, 0) is 53.0 Å². The molecule has 0 unspecified atom stereocenters. The van der Waals surface area contributed by atoms with E-state index in [2.05, 4.69) is 15.7 Å². The maximum absolute atomic E-state index is 12.0. The molecular formula is C17H30N4O3. The van der Waals surface area contributed by atoms with Crippen LogP contribution in [-0.4, -0.2) is 39.5 Å². The van der Waals surface area contributed by atoms with Crippen LogP contribution < -0.4 is 10.6 Å². The van der Waals surface area contributed by atoms with E-state index in [1.165, 1.54) is 0 Å². The number of hydrogen-bond acceptors (Lipinski definition) is 4. The highest BCUT2D eigenvalue weighted by molar-refractivity contribution is 5.78. The Labute approximate surface area is 144 Å². The van der Waals surface area contributed by atoms with Crippen LogP contribution in [0.25, 0.3) is 0 Å². The number of carbonyl (C=O) groups excluding carboxylic acids is 2. The van der Waals surface area contributed by atoms with Gasteiger partial charge in [-0.15, -0.1) is 0 Å². The van der Waals surface area contributed by atoms with Gasteiger partial charge in [0.1, 0.15) is 5.60 Å². The maximum atomic E-state index is 12.0. The van der Waals surface area contributed by atoms with E-state index < -0.39 is 17.2 Å². The van der Waals surface area contributed by atoms with Gasteiger partial charge in [-0.1, -0.05) is 0 Å². The predicted octanol–water partition coefficient (Wildman–Crippen LogP) is 2.16. The maximum Gasteiger partial charge on any atom is 0.408 e. The summed E-state index contributed by atoms with van der Waals surface area (Å²) in [4.78, 5) is 23.8. The van der Waals surface area contributed by atoms with Crippen LogP contribution in [0.4, 0.5) is 4.79 Å². The summed E-state index contributed by atoms with van der Waals surface area (Å²) < 4.78 is 6.98. The van der Waals surface area contributed by atoms with Gasteiger partial charge in [0.05, 0.1) is 6.20 Å². The minimum absolute atomic E-state index is 0.0951. The second-order valence-corrected chi connectivity index (χ2v) is 7.66. The fraction of sp³-hybridized carbons (Fsp3) is 0.706. The van der Waals surface area contributed by atoms with Crippen LogP contribution >= 0.6 is 0 Å². The predicted molar refractivity (Wildman–Crippen MR) is 92.6 cm³/mol. The number of nitrogens with one attached hydrogen (secondary N) is 2. The Balaban J connectivity index is 2.28. The first-order valence-electron chi connectivity index (χ1n) is 8.22. The Kier molecular flexibility index (Phi) is 6.81. The van der Waals surface area contributed by atoms with Crippen molar-refractivity contribution < 1.29 is 14.3 Å². The molecular weight excluding hydrogens is 308 g/mol. The van der Waals surface area contributed by atoms with Crippen LogP contribution in [0.5, 0.6) is 0 Å². The van der Waals surface area contributed by atoms with Gasteiger partial charge in [0.2, 0.25) is 5.91 Å². The highest BCUT2D eigenvalue weighted by Gasteiger charge is 2.26. The van der Waals surface area contributed by atoms with E-state index in [0.29, 0.717) is 6.54 Å². The number of ether oxygens (including phenoxy) is 1. The summed E-state index contributed by atoms with van der Waals surface area (Å²) in [7, 11) is 1.88. The van der Waals surface area contributed by atoms with Crippen LogP contribution in [0, 0.1) is 0 Å². The number of amides is 2. The topological polar surface area (TPSA) is 85.2 Å². The molecule has 0 saturated heterocycles. The smallest absolute Gasteiger partial charge is 0.408 e. The molecule has 0 aromatic carbocycles. The lowest BCUT2D eigenvalue weighted by molar-refractivity contribution is -0.122. The van der Waals surface area contributed by atoms with Crippen LogP contribution in [0.2, 0.25) is 0 Å². The van der Waals surface area contributed by atoms with Crippen molar-refractivity contribution in [1.82, 2.24) is 20.4 Å². The molecule has 0 fully saturated rings. The molecule has 1 heterocycles. The third kappa shape index (κ3) is 8.55. The molecule has 136 valence electrons.